The molecule has 2 N–H and O–H groups in total. The van der Waals surface area contributed by atoms with Crippen LogP contribution in [0.5, 0.6) is 0 Å². The molecule has 5 rings (SSSR count). The highest BCUT2D eigenvalue weighted by Gasteiger charge is 2.31. The van der Waals surface area contributed by atoms with E-state index in [1.807, 2.05) is 24.3 Å². The van der Waals surface area contributed by atoms with Crippen LogP contribution < -0.4 is 5.32 Å². The van der Waals surface area contributed by atoms with E-state index in [1.54, 1.807) is 17.9 Å². The van der Waals surface area contributed by atoms with Crippen molar-refractivity contribution >= 4 is 29.3 Å². The Labute approximate surface area is 201 Å². The van der Waals surface area contributed by atoms with E-state index in [0.29, 0.717) is 19.5 Å². The van der Waals surface area contributed by atoms with Crippen LogP contribution in [0.1, 0.15) is 44.1 Å². The summed E-state index contributed by atoms with van der Waals surface area (Å²) in [6.45, 7) is 2.65. The van der Waals surface area contributed by atoms with Crippen LogP contribution in [-0.4, -0.2) is 47.2 Å². The Morgan fingerprint density at radius 1 is 1.12 bits per heavy atom. The zero-order chi connectivity index (χ0) is 23.8. The first kappa shape index (κ1) is 22.2. The van der Waals surface area contributed by atoms with E-state index in [0.717, 1.165) is 32.7 Å². The Balaban J connectivity index is 1.19. The summed E-state index contributed by atoms with van der Waals surface area (Å²) in [5, 5.41) is 11.9. The second-order valence-corrected chi connectivity index (χ2v) is 9.70. The van der Waals surface area contributed by atoms with Gasteiger partial charge in [-0.15, -0.1) is 11.3 Å². The minimum Gasteiger partial charge on any atom is -0.477 e. The summed E-state index contributed by atoms with van der Waals surface area (Å²) in [5.74, 6) is -1.23. The van der Waals surface area contributed by atoms with Crippen molar-refractivity contribution in [3.63, 3.8) is 0 Å². The SMILES string of the molecule is C[C@H](NC(=O)OCC1c2ccccc2-c2ccccc21)C(=O)N1CCc2sc(C(=O)O)cc2C1. The molecule has 0 saturated carbocycles. The van der Waals surface area contributed by atoms with Crippen LogP contribution in [0.2, 0.25) is 0 Å². The van der Waals surface area contributed by atoms with Crippen molar-refractivity contribution in [1.29, 1.82) is 0 Å². The first-order chi connectivity index (χ1) is 16.4. The van der Waals surface area contributed by atoms with Gasteiger partial charge in [-0.05, 0) is 47.2 Å². The number of carboxylic acids is 1. The molecule has 174 valence electrons. The number of carbonyl (C=O) groups is 3. The van der Waals surface area contributed by atoms with Crippen LogP contribution in [0.4, 0.5) is 4.79 Å². The molecule has 7 nitrogen and oxygen atoms in total. The van der Waals surface area contributed by atoms with E-state index in [-0.39, 0.29) is 23.3 Å². The highest BCUT2D eigenvalue weighted by Crippen LogP contribution is 2.44. The van der Waals surface area contributed by atoms with Crippen LogP contribution in [0.15, 0.2) is 54.6 Å². The van der Waals surface area contributed by atoms with E-state index in [9.17, 15) is 19.5 Å². The molecule has 8 heteroatoms. The molecular weight excluding hydrogens is 452 g/mol. The molecule has 0 unspecified atom stereocenters. The minimum atomic E-state index is -0.956. The summed E-state index contributed by atoms with van der Waals surface area (Å²) in [4.78, 5) is 39.6. The lowest BCUT2D eigenvalue weighted by Crippen LogP contribution is -2.48. The third-order valence-corrected chi connectivity index (χ3v) is 7.66. The fourth-order valence-electron chi connectivity index (χ4n) is 4.78. The van der Waals surface area contributed by atoms with Gasteiger partial charge in [-0.2, -0.15) is 0 Å². The van der Waals surface area contributed by atoms with Crippen molar-refractivity contribution in [3.05, 3.63) is 81.0 Å². The van der Waals surface area contributed by atoms with E-state index in [1.165, 1.54) is 11.3 Å². The number of thiophene rings is 1. The molecule has 1 aromatic heterocycles. The predicted octanol–water partition coefficient (Wildman–Crippen LogP) is 4.26. The van der Waals surface area contributed by atoms with Gasteiger partial charge in [0, 0.05) is 23.9 Å². The molecule has 1 aliphatic carbocycles. The number of rotatable bonds is 5. The van der Waals surface area contributed by atoms with Gasteiger partial charge >= 0.3 is 12.1 Å². The van der Waals surface area contributed by atoms with Gasteiger partial charge < -0.3 is 20.1 Å². The van der Waals surface area contributed by atoms with Crippen molar-refractivity contribution in [2.75, 3.05) is 13.2 Å². The third-order valence-electron chi connectivity index (χ3n) is 6.44. The van der Waals surface area contributed by atoms with Gasteiger partial charge in [0.1, 0.15) is 17.5 Å². The minimum absolute atomic E-state index is 0.0494. The van der Waals surface area contributed by atoms with Crippen molar-refractivity contribution in [2.45, 2.75) is 31.8 Å². The first-order valence-electron chi connectivity index (χ1n) is 11.2. The second-order valence-electron chi connectivity index (χ2n) is 8.57. The van der Waals surface area contributed by atoms with Crippen LogP contribution >= 0.6 is 11.3 Å². The molecular formula is C26H24N2O5S. The number of nitrogens with one attached hydrogen (secondary N) is 1. The highest BCUT2D eigenvalue weighted by molar-refractivity contribution is 7.14. The maximum Gasteiger partial charge on any atom is 0.407 e. The summed E-state index contributed by atoms with van der Waals surface area (Å²) in [5.41, 5.74) is 5.41. The smallest absolute Gasteiger partial charge is 0.407 e. The first-order valence-corrected chi connectivity index (χ1v) is 12.0. The number of carboxylic acid groups (broad SMARTS) is 1. The number of alkyl carbamates (subject to hydrolysis) is 1. The van der Waals surface area contributed by atoms with Gasteiger partial charge in [0.05, 0.1) is 0 Å². The quantitative estimate of drug-likeness (QED) is 0.574. The van der Waals surface area contributed by atoms with Crippen molar-refractivity contribution in [3.8, 4) is 11.1 Å². The lowest BCUT2D eigenvalue weighted by molar-refractivity contribution is -0.133. The monoisotopic (exact) mass is 476 g/mol. The number of hydrogen-bond acceptors (Lipinski definition) is 5. The molecule has 0 radical (unpaired) electrons. The van der Waals surface area contributed by atoms with Crippen molar-refractivity contribution in [2.24, 2.45) is 0 Å². The molecule has 0 saturated heterocycles. The van der Waals surface area contributed by atoms with Crippen LogP contribution in [0.25, 0.3) is 11.1 Å². The second kappa shape index (κ2) is 8.95. The van der Waals surface area contributed by atoms with Gasteiger partial charge in [-0.3, -0.25) is 4.79 Å². The van der Waals surface area contributed by atoms with Gasteiger partial charge in [0.15, 0.2) is 0 Å². The Morgan fingerprint density at radius 2 is 1.76 bits per heavy atom. The van der Waals surface area contributed by atoms with E-state index in [2.05, 4.69) is 29.6 Å². The lowest BCUT2D eigenvalue weighted by atomic mass is 9.98. The molecule has 34 heavy (non-hydrogen) atoms. The van der Waals surface area contributed by atoms with Gasteiger partial charge in [-0.1, -0.05) is 48.5 Å². The maximum atomic E-state index is 12.9. The van der Waals surface area contributed by atoms with Crippen molar-refractivity contribution < 1.29 is 24.2 Å². The Bertz CT molecular complexity index is 1240. The van der Waals surface area contributed by atoms with Gasteiger partial charge in [0.25, 0.3) is 0 Å². The summed E-state index contributed by atoms with van der Waals surface area (Å²) < 4.78 is 5.55. The molecule has 2 heterocycles. The molecule has 1 atom stereocenters. The highest BCUT2D eigenvalue weighted by atomic mass is 32.1. The fourth-order valence-corrected chi connectivity index (χ4v) is 5.78. The number of carbonyl (C=O) groups excluding carboxylic acids is 2. The summed E-state index contributed by atoms with van der Waals surface area (Å²) in [7, 11) is 0. The molecule has 2 aromatic carbocycles. The normalized spacial score (nSPS) is 15.1. The Hall–Kier alpha value is -3.65. The van der Waals surface area contributed by atoms with Crippen molar-refractivity contribution in [1.82, 2.24) is 10.2 Å². The predicted molar refractivity (Wildman–Crippen MR) is 128 cm³/mol. The summed E-state index contributed by atoms with van der Waals surface area (Å²) in [6, 6.07) is 17.1. The number of benzene rings is 2. The Kier molecular flexibility index (Phi) is 5.83. The van der Waals surface area contributed by atoms with E-state index < -0.39 is 18.1 Å². The van der Waals surface area contributed by atoms with Crippen LogP contribution in [-0.2, 0) is 22.5 Å². The average molecular weight is 477 g/mol. The maximum absolute atomic E-state index is 12.9. The number of aromatic carboxylic acids is 1. The molecule has 0 bridgehead atoms. The molecule has 2 aliphatic rings. The Morgan fingerprint density at radius 3 is 2.41 bits per heavy atom. The average Bonchev–Trinajstić information content (AvgIpc) is 3.41. The largest absolute Gasteiger partial charge is 0.477 e. The molecule has 2 amide bonds. The fraction of sp³-hybridized carbons (Fsp3) is 0.269. The molecule has 0 fully saturated rings. The van der Waals surface area contributed by atoms with Gasteiger partial charge in [-0.25, -0.2) is 9.59 Å². The zero-order valence-electron chi connectivity index (χ0n) is 18.6. The summed E-state index contributed by atoms with van der Waals surface area (Å²) in [6.07, 6.45) is -0.0273. The third kappa shape index (κ3) is 4.05. The molecule has 1 aliphatic heterocycles. The van der Waals surface area contributed by atoms with Crippen LogP contribution in [0.3, 0.4) is 0 Å². The topological polar surface area (TPSA) is 95.9 Å². The number of amides is 2. The van der Waals surface area contributed by atoms with Gasteiger partial charge in [0.2, 0.25) is 5.91 Å². The van der Waals surface area contributed by atoms with E-state index >= 15 is 0 Å². The van der Waals surface area contributed by atoms with E-state index in [4.69, 9.17) is 4.74 Å². The number of nitrogens with zero attached hydrogens (tertiary/aromatic N) is 1. The molecule has 3 aromatic rings. The lowest BCUT2D eigenvalue weighted by Gasteiger charge is -2.29. The standard InChI is InChI=1S/C26H24N2O5S/c1-15(24(29)28-11-10-22-16(13-28)12-23(34-22)25(30)31)27-26(32)33-14-21-19-8-4-2-6-17(19)18-7-3-5-9-20(18)21/h2-9,12,15,21H,10-11,13-14H2,1H3,(H,27,32)(H,30,31)/t15-/m0/s1. The summed E-state index contributed by atoms with van der Waals surface area (Å²) >= 11 is 1.26. The van der Waals surface area contributed by atoms with Crippen LogP contribution in [0, 0.1) is 0 Å². The zero-order valence-corrected chi connectivity index (χ0v) is 19.4. The molecule has 0 spiro atoms. The number of hydrogen-bond donors (Lipinski definition) is 2. The number of fused-ring (bicyclic) bond motifs is 4. The number of ether oxygens (including phenoxy) is 1.